The van der Waals surface area contributed by atoms with E-state index >= 15 is 0 Å². The predicted molar refractivity (Wildman–Crippen MR) is 71.2 cm³/mol. The minimum atomic E-state index is 0.536. The van der Waals surface area contributed by atoms with Crippen molar-refractivity contribution < 1.29 is 18.9 Å². The second-order valence-corrected chi connectivity index (χ2v) is 4.34. The Kier molecular flexibility index (Phi) is 3.96. The summed E-state index contributed by atoms with van der Waals surface area (Å²) in [5, 5.41) is 0. The molecule has 0 fully saturated rings. The Morgan fingerprint density at radius 1 is 1.17 bits per heavy atom. The lowest BCUT2D eigenvalue weighted by molar-refractivity contribution is 0.321. The average Bonchev–Trinajstić information content (AvgIpc) is 2.91. The van der Waals surface area contributed by atoms with Crippen molar-refractivity contribution in [3.63, 3.8) is 0 Å². The van der Waals surface area contributed by atoms with E-state index in [4.69, 9.17) is 18.9 Å². The number of nitrogens with zero attached hydrogens (tertiary/aromatic N) is 1. The quantitative estimate of drug-likeness (QED) is 0.855. The molecule has 0 saturated carbocycles. The highest BCUT2D eigenvalue weighted by Gasteiger charge is 2.23. The highest BCUT2D eigenvalue weighted by molar-refractivity contribution is 9.10. The zero-order valence-corrected chi connectivity index (χ0v) is 12.0. The van der Waals surface area contributed by atoms with E-state index in [1.807, 2.05) is 6.07 Å². The molecule has 0 aromatic heterocycles. The van der Waals surface area contributed by atoms with Crippen LogP contribution in [-0.2, 0) is 4.74 Å². The number of hydrogen-bond donors (Lipinski definition) is 0. The van der Waals surface area contributed by atoms with Crippen LogP contribution >= 0.6 is 15.9 Å². The Balaban J connectivity index is 2.60. The van der Waals surface area contributed by atoms with Crippen LogP contribution < -0.4 is 14.2 Å². The van der Waals surface area contributed by atoms with Crippen LogP contribution in [0.2, 0.25) is 0 Å². The molecule has 18 heavy (non-hydrogen) atoms. The van der Waals surface area contributed by atoms with E-state index < -0.39 is 0 Å². The van der Waals surface area contributed by atoms with Crippen molar-refractivity contribution in [2.45, 2.75) is 0 Å². The molecule has 0 amide bonds. The molecule has 6 heteroatoms. The van der Waals surface area contributed by atoms with E-state index in [2.05, 4.69) is 20.9 Å². The molecule has 1 aromatic rings. The van der Waals surface area contributed by atoms with Crippen LogP contribution in [0.4, 0.5) is 0 Å². The van der Waals surface area contributed by atoms with E-state index in [-0.39, 0.29) is 0 Å². The summed E-state index contributed by atoms with van der Waals surface area (Å²) >= 11 is 3.49. The van der Waals surface area contributed by atoms with Gasteiger partial charge in [0.1, 0.15) is 6.61 Å². The normalized spacial score (nSPS) is 13.9. The summed E-state index contributed by atoms with van der Waals surface area (Å²) in [6.45, 7) is 1.26. The molecule has 0 atom stereocenters. The Morgan fingerprint density at radius 2 is 1.89 bits per heavy atom. The molecule has 0 spiro atoms. The second-order valence-electron chi connectivity index (χ2n) is 3.54. The van der Waals surface area contributed by atoms with E-state index in [1.165, 1.54) is 0 Å². The third-order valence-corrected chi connectivity index (χ3v) is 3.37. The van der Waals surface area contributed by atoms with Crippen LogP contribution in [0.15, 0.2) is 15.5 Å². The van der Waals surface area contributed by atoms with Crippen molar-refractivity contribution in [1.82, 2.24) is 0 Å². The first-order chi connectivity index (χ1) is 8.72. The first-order valence-electron chi connectivity index (χ1n) is 5.39. The molecule has 5 nitrogen and oxygen atoms in total. The number of halogens is 1. The lowest BCUT2D eigenvalue weighted by Gasteiger charge is -2.16. The second kappa shape index (κ2) is 5.48. The molecule has 1 aliphatic rings. The van der Waals surface area contributed by atoms with Crippen LogP contribution in [0.5, 0.6) is 17.2 Å². The number of aliphatic imine (C=N–C) groups is 1. The molecule has 1 aromatic carbocycles. The lowest BCUT2D eigenvalue weighted by Crippen LogP contribution is -2.05. The summed E-state index contributed by atoms with van der Waals surface area (Å²) in [5.41, 5.74) is 0.794. The number of hydrogen-bond acceptors (Lipinski definition) is 5. The van der Waals surface area contributed by atoms with E-state index in [9.17, 15) is 0 Å². The van der Waals surface area contributed by atoms with Crippen molar-refractivity contribution in [3.8, 4) is 17.2 Å². The highest BCUT2D eigenvalue weighted by atomic mass is 79.9. The largest absolute Gasteiger partial charge is 0.493 e. The first kappa shape index (κ1) is 13.0. The van der Waals surface area contributed by atoms with Gasteiger partial charge in [-0.2, -0.15) is 0 Å². The van der Waals surface area contributed by atoms with Gasteiger partial charge >= 0.3 is 0 Å². The maximum absolute atomic E-state index is 5.46. The average molecular weight is 316 g/mol. The zero-order chi connectivity index (χ0) is 13.1. The van der Waals surface area contributed by atoms with Gasteiger partial charge in [-0.25, -0.2) is 4.99 Å². The van der Waals surface area contributed by atoms with Crippen LogP contribution in [0.25, 0.3) is 0 Å². The molecule has 1 heterocycles. The predicted octanol–water partition coefficient (Wildman–Crippen LogP) is 2.25. The van der Waals surface area contributed by atoms with E-state index in [0.29, 0.717) is 36.3 Å². The molecule has 2 rings (SSSR count). The Hall–Kier alpha value is -1.43. The summed E-state index contributed by atoms with van der Waals surface area (Å²) in [4.78, 5) is 4.29. The highest BCUT2D eigenvalue weighted by Crippen LogP contribution is 2.45. The van der Waals surface area contributed by atoms with Crippen LogP contribution in [-0.4, -0.2) is 40.4 Å². The molecule has 0 unspecified atom stereocenters. The van der Waals surface area contributed by atoms with Crippen LogP contribution in [0.1, 0.15) is 5.56 Å². The van der Waals surface area contributed by atoms with E-state index in [0.717, 1.165) is 10.0 Å². The molecule has 0 aliphatic carbocycles. The van der Waals surface area contributed by atoms with Gasteiger partial charge in [0.15, 0.2) is 11.5 Å². The van der Waals surface area contributed by atoms with Gasteiger partial charge in [-0.3, -0.25) is 0 Å². The smallest absolute Gasteiger partial charge is 0.217 e. The molecule has 0 bridgehead atoms. The number of rotatable bonds is 4. The molecule has 0 radical (unpaired) electrons. The topological polar surface area (TPSA) is 49.3 Å². The standard InChI is InChI=1S/C12H14BrNO4/c1-15-8-6-7(12-14-4-5-18-12)9(13)11(17-3)10(8)16-2/h6H,4-5H2,1-3H3. The monoisotopic (exact) mass is 315 g/mol. The van der Waals surface area contributed by atoms with Crippen molar-refractivity contribution in [2.24, 2.45) is 4.99 Å². The Bertz CT molecular complexity index is 487. The van der Waals surface area contributed by atoms with Crippen molar-refractivity contribution in [3.05, 3.63) is 16.1 Å². The molecule has 1 aliphatic heterocycles. The maximum atomic E-state index is 5.46. The SMILES string of the molecule is COc1cc(C2=NCCO2)c(Br)c(OC)c1OC. The van der Waals surface area contributed by atoms with Gasteiger partial charge in [-0.1, -0.05) is 0 Å². The van der Waals surface area contributed by atoms with Gasteiger partial charge in [-0.05, 0) is 22.0 Å². The third-order valence-electron chi connectivity index (χ3n) is 2.59. The van der Waals surface area contributed by atoms with Gasteiger partial charge in [0.25, 0.3) is 0 Å². The van der Waals surface area contributed by atoms with Gasteiger partial charge in [0.2, 0.25) is 11.6 Å². The number of ether oxygens (including phenoxy) is 4. The van der Waals surface area contributed by atoms with Gasteiger partial charge in [0, 0.05) is 0 Å². The maximum Gasteiger partial charge on any atom is 0.217 e. The molecular formula is C12H14BrNO4. The van der Waals surface area contributed by atoms with Crippen molar-refractivity contribution in [1.29, 1.82) is 0 Å². The van der Waals surface area contributed by atoms with Crippen molar-refractivity contribution >= 4 is 21.8 Å². The van der Waals surface area contributed by atoms with Crippen LogP contribution in [0, 0.1) is 0 Å². The molecule has 0 N–H and O–H groups in total. The minimum Gasteiger partial charge on any atom is -0.493 e. The fourth-order valence-electron chi connectivity index (χ4n) is 1.77. The minimum absolute atomic E-state index is 0.536. The molecule has 98 valence electrons. The Morgan fingerprint density at radius 3 is 2.39 bits per heavy atom. The summed E-state index contributed by atoms with van der Waals surface area (Å²) < 4.78 is 22.1. The number of benzene rings is 1. The van der Waals surface area contributed by atoms with Gasteiger partial charge in [0.05, 0.1) is 37.9 Å². The fourth-order valence-corrected chi connectivity index (χ4v) is 2.40. The summed E-state index contributed by atoms with van der Waals surface area (Å²) in [5.74, 6) is 2.26. The summed E-state index contributed by atoms with van der Waals surface area (Å²) in [6.07, 6.45) is 0. The Labute approximate surface area is 114 Å². The fraction of sp³-hybridized carbons (Fsp3) is 0.417. The van der Waals surface area contributed by atoms with Gasteiger partial charge < -0.3 is 18.9 Å². The van der Waals surface area contributed by atoms with Gasteiger partial charge in [-0.15, -0.1) is 0 Å². The third kappa shape index (κ3) is 2.12. The first-order valence-corrected chi connectivity index (χ1v) is 6.18. The zero-order valence-electron chi connectivity index (χ0n) is 10.4. The number of methoxy groups -OCH3 is 3. The lowest BCUT2D eigenvalue weighted by atomic mass is 10.1. The van der Waals surface area contributed by atoms with E-state index in [1.54, 1.807) is 21.3 Å². The summed E-state index contributed by atoms with van der Waals surface area (Å²) in [7, 11) is 4.71. The summed E-state index contributed by atoms with van der Waals surface area (Å²) in [6, 6.07) is 1.82. The molecule has 0 saturated heterocycles. The van der Waals surface area contributed by atoms with Crippen LogP contribution in [0.3, 0.4) is 0 Å². The molecular weight excluding hydrogens is 302 g/mol. The van der Waals surface area contributed by atoms with Crippen molar-refractivity contribution in [2.75, 3.05) is 34.5 Å².